The summed E-state index contributed by atoms with van der Waals surface area (Å²) in [4.78, 5) is 13.8. The lowest BCUT2D eigenvalue weighted by atomic mass is 9.88. The van der Waals surface area contributed by atoms with Crippen molar-refractivity contribution in [3.05, 3.63) is 35.9 Å². The number of likely N-dealkylation sites (tertiary alicyclic amines) is 1. The van der Waals surface area contributed by atoms with Gasteiger partial charge in [0, 0.05) is 25.2 Å². The van der Waals surface area contributed by atoms with E-state index in [1.165, 1.54) is 5.56 Å². The highest BCUT2D eigenvalue weighted by atomic mass is 16.6. The summed E-state index contributed by atoms with van der Waals surface area (Å²) in [5.74, 6) is 0. The molecule has 0 unspecified atom stereocenters. The van der Waals surface area contributed by atoms with Crippen LogP contribution in [0.25, 0.3) is 0 Å². The van der Waals surface area contributed by atoms with Crippen LogP contribution in [0.3, 0.4) is 0 Å². The largest absolute Gasteiger partial charge is 0.444 e. The predicted octanol–water partition coefficient (Wildman–Crippen LogP) is 2.54. The summed E-state index contributed by atoms with van der Waals surface area (Å²) in [6.07, 6.45) is 1.16. The fraction of sp³-hybridized carbons (Fsp3) is 0.611. The average molecular weight is 320 g/mol. The van der Waals surface area contributed by atoms with E-state index in [2.05, 4.69) is 17.4 Å². The van der Waals surface area contributed by atoms with Crippen molar-refractivity contribution >= 4 is 6.09 Å². The molecule has 5 nitrogen and oxygen atoms in total. The topological polar surface area (TPSA) is 61.8 Å². The minimum absolute atomic E-state index is 0.0714. The number of rotatable bonds is 4. The first kappa shape index (κ1) is 17.8. The van der Waals surface area contributed by atoms with Crippen molar-refractivity contribution in [2.75, 3.05) is 19.7 Å². The van der Waals surface area contributed by atoms with Crippen molar-refractivity contribution in [1.82, 2.24) is 10.2 Å². The molecule has 1 saturated heterocycles. The number of carbonyl (C=O) groups is 1. The molecular formula is C18H28N2O3. The second-order valence-electron chi connectivity index (χ2n) is 7.24. The summed E-state index contributed by atoms with van der Waals surface area (Å²) in [5, 5.41) is 13.3. The van der Waals surface area contributed by atoms with E-state index in [0.717, 1.165) is 12.8 Å². The Morgan fingerprint density at radius 3 is 2.39 bits per heavy atom. The quantitative estimate of drug-likeness (QED) is 0.895. The molecule has 0 saturated carbocycles. The minimum atomic E-state index is -0.478. The van der Waals surface area contributed by atoms with Crippen molar-refractivity contribution in [1.29, 1.82) is 0 Å². The molecular weight excluding hydrogens is 292 g/mol. The van der Waals surface area contributed by atoms with Gasteiger partial charge in [-0.15, -0.1) is 0 Å². The van der Waals surface area contributed by atoms with Crippen molar-refractivity contribution in [2.24, 2.45) is 0 Å². The molecule has 0 aromatic heterocycles. The second kappa shape index (κ2) is 7.32. The van der Waals surface area contributed by atoms with Gasteiger partial charge in [-0.25, -0.2) is 4.79 Å². The Hall–Kier alpha value is -1.59. The first-order valence-electron chi connectivity index (χ1n) is 8.21. The molecule has 1 amide bonds. The zero-order chi connectivity index (χ0) is 16.9. The van der Waals surface area contributed by atoms with Gasteiger partial charge in [0.15, 0.2) is 0 Å². The van der Waals surface area contributed by atoms with E-state index in [9.17, 15) is 9.90 Å². The third-order valence-electron chi connectivity index (χ3n) is 4.19. The molecule has 128 valence electrons. The Kier molecular flexibility index (Phi) is 5.65. The van der Waals surface area contributed by atoms with Crippen LogP contribution in [0, 0.1) is 0 Å². The van der Waals surface area contributed by atoms with Gasteiger partial charge in [-0.1, -0.05) is 30.3 Å². The number of benzene rings is 1. The Bertz CT molecular complexity index is 503. The van der Waals surface area contributed by atoms with Gasteiger partial charge in [-0.3, -0.25) is 0 Å². The first-order valence-corrected chi connectivity index (χ1v) is 8.21. The van der Waals surface area contributed by atoms with Crippen LogP contribution in [-0.2, 0) is 11.3 Å². The van der Waals surface area contributed by atoms with E-state index in [4.69, 9.17) is 4.74 Å². The molecule has 2 rings (SSSR count). The fourth-order valence-electron chi connectivity index (χ4n) is 2.72. The van der Waals surface area contributed by atoms with Crippen molar-refractivity contribution < 1.29 is 14.6 Å². The molecule has 1 aliphatic rings. The smallest absolute Gasteiger partial charge is 0.410 e. The highest BCUT2D eigenvalue weighted by Gasteiger charge is 2.36. The van der Waals surface area contributed by atoms with Crippen LogP contribution in [0.1, 0.15) is 39.2 Å². The average Bonchev–Trinajstić information content (AvgIpc) is 2.53. The summed E-state index contributed by atoms with van der Waals surface area (Å²) in [7, 11) is 0. The van der Waals surface area contributed by atoms with Crippen LogP contribution in [-0.4, -0.2) is 46.9 Å². The number of hydrogen-bond acceptors (Lipinski definition) is 4. The van der Waals surface area contributed by atoms with Gasteiger partial charge in [0.1, 0.15) is 5.60 Å². The van der Waals surface area contributed by atoms with E-state index in [-0.39, 0.29) is 18.2 Å². The van der Waals surface area contributed by atoms with Crippen LogP contribution in [0.15, 0.2) is 30.3 Å². The van der Waals surface area contributed by atoms with E-state index in [1.807, 2.05) is 39.0 Å². The van der Waals surface area contributed by atoms with Gasteiger partial charge in [0.25, 0.3) is 0 Å². The molecule has 1 aliphatic heterocycles. The van der Waals surface area contributed by atoms with Gasteiger partial charge in [0.2, 0.25) is 0 Å². The Balaban J connectivity index is 1.88. The number of nitrogens with one attached hydrogen (secondary N) is 1. The molecule has 2 N–H and O–H groups in total. The van der Waals surface area contributed by atoms with Crippen LogP contribution < -0.4 is 5.32 Å². The Morgan fingerprint density at radius 2 is 1.87 bits per heavy atom. The molecule has 0 radical (unpaired) electrons. The molecule has 0 atom stereocenters. The third-order valence-corrected chi connectivity index (χ3v) is 4.19. The van der Waals surface area contributed by atoms with Gasteiger partial charge < -0.3 is 20.1 Å². The highest BCUT2D eigenvalue weighted by Crippen LogP contribution is 2.24. The summed E-state index contributed by atoms with van der Waals surface area (Å²) in [5.41, 5.74) is 0.387. The summed E-state index contributed by atoms with van der Waals surface area (Å²) >= 11 is 0. The number of ether oxygens (including phenoxy) is 1. The summed E-state index contributed by atoms with van der Waals surface area (Å²) < 4.78 is 5.41. The lowest BCUT2D eigenvalue weighted by Gasteiger charge is -2.41. The molecule has 1 heterocycles. The third kappa shape index (κ3) is 5.22. The van der Waals surface area contributed by atoms with E-state index >= 15 is 0 Å². The maximum absolute atomic E-state index is 12.1. The molecule has 0 bridgehead atoms. The Morgan fingerprint density at radius 1 is 1.26 bits per heavy atom. The lowest BCUT2D eigenvalue weighted by molar-refractivity contribution is 0.00901. The fourth-order valence-corrected chi connectivity index (χ4v) is 2.72. The first-order chi connectivity index (χ1) is 10.8. The van der Waals surface area contributed by atoms with Crippen molar-refractivity contribution in [2.45, 2.75) is 51.3 Å². The lowest BCUT2D eigenvalue weighted by Crippen LogP contribution is -2.56. The number of aliphatic hydroxyl groups excluding tert-OH is 1. The molecule has 0 spiro atoms. The van der Waals surface area contributed by atoms with Crippen LogP contribution in [0.4, 0.5) is 4.79 Å². The summed E-state index contributed by atoms with van der Waals surface area (Å²) in [6, 6.07) is 10.1. The zero-order valence-electron chi connectivity index (χ0n) is 14.3. The van der Waals surface area contributed by atoms with Gasteiger partial charge in [-0.2, -0.15) is 0 Å². The monoisotopic (exact) mass is 320 g/mol. The number of amides is 1. The number of nitrogens with zero attached hydrogens (tertiary/aromatic N) is 1. The molecule has 1 aromatic rings. The highest BCUT2D eigenvalue weighted by molar-refractivity contribution is 5.68. The van der Waals surface area contributed by atoms with E-state index in [0.29, 0.717) is 19.6 Å². The van der Waals surface area contributed by atoms with E-state index in [1.54, 1.807) is 4.90 Å². The zero-order valence-corrected chi connectivity index (χ0v) is 14.3. The number of piperidine rings is 1. The Labute approximate surface area is 138 Å². The van der Waals surface area contributed by atoms with Crippen molar-refractivity contribution in [3.63, 3.8) is 0 Å². The van der Waals surface area contributed by atoms with Crippen LogP contribution >= 0.6 is 0 Å². The number of carbonyl (C=O) groups excluding carboxylic acids is 1. The predicted molar refractivity (Wildman–Crippen MR) is 90.1 cm³/mol. The second-order valence-corrected chi connectivity index (χ2v) is 7.24. The van der Waals surface area contributed by atoms with Crippen molar-refractivity contribution in [3.8, 4) is 0 Å². The molecule has 5 heteroatoms. The number of aliphatic hydroxyl groups is 1. The molecule has 0 aliphatic carbocycles. The standard InChI is InChI=1S/C18H28N2O3/c1-17(2,3)23-16(22)20-11-9-18(14-21,10-12-20)19-13-15-7-5-4-6-8-15/h4-8,19,21H,9-14H2,1-3H3. The SMILES string of the molecule is CC(C)(C)OC(=O)N1CCC(CO)(NCc2ccccc2)CC1. The van der Waals surface area contributed by atoms with E-state index < -0.39 is 5.60 Å². The van der Waals surface area contributed by atoms with Gasteiger partial charge in [0.05, 0.1) is 6.61 Å². The molecule has 1 aromatic carbocycles. The van der Waals surface area contributed by atoms with Gasteiger partial charge in [-0.05, 0) is 39.2 Å². The maximum atomic E-state index is 12.1. The molecule has 1 fully saturated rings. The maximum Gasteiger partial charge on any atom is 0.410 e. The molecule has 23 heavy (non-hydrogen) atoms. The minimum Gasteiger partial charge on any atom is -0.444 e. The normalized spacial score (nSPS) is 17.8. The van der Waals surface area contributed by atoms with Crippen LogP contribution in [0.5, 0.6) is 0 Å². The summed E-state index contributed by atoms with van der Waals surface area (Å²) in [6.45, 7) is 7.58. The van der Waals surface area contributed by atoms with Gasteiger partial charge >= 0.3 is 6.09 Å². The van der Waals surface area contributed by atoms with Crippen LogP contribution in [0.2, 0.25) is 0 Å². The number of hydrogen-bond donors (Lipinski definition) is 2.